The van der Waals surface area contributed by atoms with Crippen LogP contribution in [0, 0.1) is 12.7 Å². The summed E-state index contributed by atoms with van der Waals surface area (Å²) in [6.07, 6.45) is 3.05. The van der Waals surface area contributed by atoms with E-state index in [0.717, 1.165) is 36.2 Å². The molecule has 0 spiro atoms. The number of Topliss-reactive ketones (excluding diaryl/α,β-unsaturated/α-hetero) is 1. The van der Waals surface area contributed by atoms with Crippen molar-refractivity contribution in [1.29, 1.82) is 0 Å². The third-order valence-corrected chi connectivity index (χ3v) is 5.77. The molecule has 1 saturated heterocycles. The smallest absolute Gasteiger partial charge is 0.224 e. The molecule has 1 atom stereocenters. The Hall–Kier alpha value is -2.47. The van der Waals surface area contributed by atoms with Gasteiger partial charge in [-0.25, -0.2) is 4.39 Å². The van der Waals surface area contributed by atoms with Gasteiger partial charge >= 0.3 is 0 Å². The zero-order chi connectivity index (χ0) is 19.7. The predicted octanol–water partition coefficient (Wildman–Crippen LogP) is 2.95. The molecule has 0 unspecified atom stereocenters. The number of nitrogens with one attached hydrogen (secondary N) is 1. The van der Waals surface area contributed by atoms with Crippen LogP contribution >= 0.6 is 0 Å². The van der Waals surface area contributed by atoms with E-state index in [4.69, 9.17) is 4.74 Å². The monoisotopic (exact) mass is 384 g/mol. The van der Waals surface area contributed by atoms with Gasteiger partial charge in [-0.1, -0.05) is 18.2 Å². The Labute approximate surface area is 163 Å². The number of aromatic nitrogens is 1. The number of halogens is 1. The fourth-order valence-electron chi connectivity index (χ4n) is 4.30. The first kappa shape index (κ1) is 18.9. The predicted molar refractivity (Wildman–Crippen MR) is 103 cm³/mol. The highest BCUT2D eigenvalue weighted by Crippen LogP contribution is 2.31. The summed E-state index contributed by atoms with van der Waals surface area (Å²) >= 11 is 0. The second kappa shape index (κ2) is 7.87. The molecule has 1 amide bonds. The molecule has 0 bridgehead atoms. The van der Waals surface area contributed by atoms with E-state index in [1.807, 2.05) is 17.6 Å². The Morgan fingerprint density at radius 3 is 2.89 bits per heavy atom. The van der Waals surface area contributed by atoms with Gasteiger partial charge in [-0.3, -0.25) is 9.59 Å². The third kappa shape index (κ3) is 3.61. The van der Waals surface area contributed by atoms with E-state index in [1.54, 1.807) is 12.1 Å². The van der Waals surface area contributed by atoms with Crippen molar-refractivity contribution in [3.8, 4) is 0 Å². The number of ketones is 1. The summed E-state index contributed by atoms with van der Waals surface area (Å²) in [6.45, 7) is 3.49. The Balaban J connectivity index is 1.66. The number of hydrogen-bond acceptors (Lipinski definition) is 3. The van der Waals surface area contributed by atoms with Crippen LogP contribution in [0.1, 0.15) is 52.1 Å². The van der Waals surface area contributed by atoms with Crippen molar-refractivity contribution in [3.05, 3.63) is 58.2 Å². The summed E-state index contributed by atoms with van der Waals surface area (Å²) in [5.74, 6) is -0.265. The summed E-state index contributed by atoms with van der Waals surface area (Å²) in [5.41, 5.74) is 3.86. The number of ether oxygens (including phenoxy) is 1. The van der Waals surface area contributed by atoms with E-state index >= 15 is 0 Å². The van der Waals surface area contributed by atoms with Gasteiger partial charge in [-0.2, -0.15) is 0 Å². The van der Waals surface area contributed by atoms with Crippen molar-refractivity contribution in [3.63, 3.8) is 0 Å². The highest BCUT2D eigenvalue weighted by atomic mass is 19.1. The molecule has 1 aromatic carbocycles. The second-order valence-electron chi connectivity index (χ2n) is 7.64. The first-order valence-electron chi connectivity index (χ1n) is 9.89. The van der Waals surface area contributed by atoms with Gasteiger partial charge in [0, 0.05) is 35.5 Å². The third-order valence-electron chi connectivity index (χ3n) is 5.77. The summed E-state index contributed by atoms with van der Waals surface area (Å²) in [5, 5.41) is 3.00. The molecular formula is C22H25FN2O3. The van der Waals surface area contributed by atoms with Gasteiger partial charge in [0.2, 0.25) is 5.91 Å². The largest absolute Gasteiger partial charge is 0.379 e. The molecule has 1 fully saturated rings. The minimum absolute atomic E-state index is 0.0415. The molecule has 1 aliphatic carbocycles. The van der Waals surface area contributed by atoms with Crippen molar-refractivity contribution in [2.24, 2.45) is 0 Å². The minimum Gasteiger partial charge on any atom is -0.379 e. The second-order valence-corrected chi connectivity index (χ2v) is 7.64. The number of carbonyl (C=O) groups excluding carboxylic acids is 2. The summed E-state index contributed by atoms with van der Waals surface area (Å²) in [4.78, 5) is 25.3. The van der Waals surface area contributed by atoms with Crippen molar-refractivity contribution < 1.29 is 18.7 Å². The molecule has 2 aliphatic rings. The zero-order valence-electron chi connectivity index (χ0n) is 16.1. The van der Waals surface area contributed by atoms with E-state index < -0.39 is 0 Å². The summed E-state index contributed by atoms with van der Waals surface area (Å²) < 4.78 is 21.5. The van der Waals surface area contributed by atoms with Crippen LogP contribution in [0.15, 0.2) is 24.3 Å². The number of carbonyl (C=O) groups is 2. The average Bonchev–Trinajstić information content (AvgIpc) is 3.26. The van der Waals surface area contributed by atoms with Crippen LogP contribution in [-0.4, -0.2) is 35.5 Å². The topological polar surface area (TPSA) is 60.3 Å². The van der Waals surface area contributed by atoms with Crippen LogP contribution in [-0.2, 0) is 28.9 Å². The quantitative estimate of drug-likeness (QED) is 0.862. The minimum atomic E-state index is -0.257. The van der Waals surface area contributed by atoms with E-state index in [9.17, 15) is 14.0 Å². The fraction of sp³-hybridized carbons (Fsp3) is 0.455. The van der Waals surface area contributed by atoms with E-state index in [0.29, 0.717) is 37.3 Å². The maximum atomic E-state index is 14.2. The van der Waals surface area contributed by atoms with Crippen LogP contribution in [0.4, 0.5) is 4.39 Å². The molecule has 6 heteroatoms. The molecule has 4 rings (SSSR count). The van der Waals surface area contributed by atoms with Crippen LogP contribution < -0.4 is 5.32 Å². The molecular weight excluding hydrogens is 359 g/mol. The van der Waals surface area contributed by atoms with Crippen molar-refractivity contribution in [2.75, 3.05) is 13.2 Å². The lowest BCUT2D eigenvalue weighted by Gasteiger charge is -2.16. The van der Waals surface area contributed by atoms with Crippen LogP contribution in [0.25, 0.3) is 0 Å². The van der Waals surface area contributed by atoms with Crippen molar-refractivity contribution in [2.45, 2.75) is 51.6 Å². The lowest BCUT2D eigenvalue weighted by molar-refractivity contribution is -0.121. The molecule has 1 N–H and O–H groups in total. The number of rotatable bonds is 5. The van der Waals surface area contributed by atoms with Gasteiger partial charge in [0.25, 0.3) is 0 Å². The maximum Gasteiger partial charge on any atom is 0.224 e. The number of nitrogens with zero attached hydrogens (tertiary/aromatic N) is 1. The van der Waals surface area contributed by atoms with Gasteiger partial charge in [0.15, 0.2) is 5.78 Å². The highest BCUT2D eigenvalue weighted by Gasteiger charge is 2.30. The average molecular weight is 384 g/mol. The van der Waals surface area contributed by atoms with Gasteiger partial charge in [-0.05, 0) is 37.8 Å². The van der Waals surface area contributed by atoms with E-state index in [2.05, 4.69) is 5.32 Å². The van der Waals surface area contributed by atoms with Crippen molar-refractivity contribution in [1.82, 2.24) is 9.88 Å². The van der Waals surface area contributed by atoms with Crippen LogP contribution in [0.3, 0.4) is 0 Å². The van der Waals surface area contributed by atoms with Crippen LogP contribution in [0.2, 0.25) is 0 Å². The SMILES string of the molecule is Cc1c(CC(=O)N[C@H]2CCOC2)c2c(n1Cc1ccccc1F)CCCC2=O. The van der Waals surface area contributed by atoms with Gasteiger partial charge in [0.05, 0.1) is 25.6 Å². The number of fused-ring (bicyclic) bond motifs is 1. The molecule has 1 aromatic heterocycles. The summed E-state index contributed by atoms with van der Waals surface area (Å²) in [7, 11) is 0. The first-order chi connectivity index (χ1) is 13.5. The lowest BCUT2D eigenvalue weighted by Crippen LogP contribution is -2.36. The standard InChI is InChI=1S/C22H25FN2O3/c1-14-17(11-21(27)24-16-9-10-28-13-16)22-19(7-4-8-20(22)26)25(14)12-15-5-2-3-6-18(15)23/h2-3,5-6,16H,4,7-13H2,1H3,(H,24,27)/t16-/m0/s1. The van der Waals surface area contributed by atoms with Gasteiger partial charge in [0.1, 0.15) is 5.82 Å². The normalized spacial score (nSPS) is 18.9. The van der Waals surface area contributed by atoms with Crippen LogP contribution in [0.5, 0.6) is 0 Å². The number of hydrogen-bond donors (Lipinski definition) is 1. The van der Waals surface area contributed by atoms with E-state index in [-0.39, 0.29) is 30.0 Å². The molecule has 1 aliphatic heterocycles. The molecule has 2 heterocycles. The number of amides is 1. The van der Waals surface area contributed by atoms with Gasteiger partial charge < -0.3 is 14.6 Å². The molecule has 2 aromatic rings. The first-order valence-corrected chi connectivity index (χ1v) is 9.89. The van der Waals surface area contributed by atoms with E-state index in [1.165, 1.54) is 6.07 Å². The summed E-state index contributed by atoms with van der Waals surface area (Å²) in [6, 6.07) is 6.73. The number of benzene rings is 1. The fourth-order valence-corrected chi connectivity index (χ4v) is 4.30. The molecule has 148 valence electrons. The maximum absolute atomic E-state index is 14.2. The molecule has 5 nitrogen and oxygen atoms in total. The van der Waals surface area contributed by atoms with Crippen molar-refractivity contribution >= 4 is 11.7 Å². The Kier molecular flexibility index (Phi) is 5.31. The Bertz CT molecular complexity index is 913. The highest BCUT2D eigenvalue weighted by molar-refractivity contribution is 6.01. The lowest BCUT2D eigenvalue weighted by atomic mass is 9.92. The molecule has 0 radical (unpaired) electrons. The molecule has 28 heavy (non-hydrogen) atoms. The molecule has 0 saturated carbocycles. The Morgan fingerprint density at radius 2 is 2.14 bits per heavy atom. The van der Waals surface area contributed by atoms with Gasteiger partial charge in [-0.15, -0.1) is 0 Å². The zero-order valence-corrected chi connectivity index (χ0v) is 16.1. The Morgan fingerprint density at radius 1 is 1.32 bits per heavy atom.